The monoisotopic (exact) mass is 251 g/mol. The Balaban J connectivity index is 0.00000196. The fourth-order valence-corrected chi connectivity index (χ4v) is 1.30. The van der Waals surface area contributed by atoms with Crippen LogP contribution in [0.3, 0.4) is 0 Å². The maximum Gasteiger partial charge on any atom is 0.184 e. The summed E-state index contributed by atoms with van der Waals surface area (Å²) < 4.78 is 17.6. The number of nitrogens with one attached hydrogen (secondary N) is 1. The summed E-state index contributed by atoms with van der Waals surface area (Å²) in [5, 5.41) is 7.73. The van der Waals surface area contributed by atoms with E-state index in [1.165, 1.54) is 12.1 Å². The van der Waals surface area contributed by atoms with E-state index in [0.29, 0.717) is 23.6 Å². The zero-order valence-electron chi connectivity index (χ0n) is 8.22. The molecule has 0 aliphatic rings. The molecule has 0 heterocycles. The molecule has 1 aromatic rings. The summed E-state index contributed by atoms with van der Waals surface area (Å²) in [5.41, 5.74) is 0.700. The van der Waals surface area contributed by atoms with Gasteiger partial charge < -0.3 is 4.74 Å². The molecule has 2 nitrogen and oxygen atoms in total. The lowest BCUT2D eigenvalue weighted by Crippen LogP contribution is -2.06. The van der Waals surface area contributed by atoms with Crippen LogP contribution in [0.4, 0.5) is 4.39 Å². The number of benzene rings is 1. The van der Waals surface area contributed by atoms with E-state index in [4.69, 9.17) is 21.7 Å². The van der Waals surface area contributed by atoms with Crippen molar-refractivity contribution in [3.05, 3.63) is 34.6 Å². The fourth-order valence-electron chi connectivity index (χ4n) is 1.06. The van der Waals surface area contributed by atoms with Gasteiger partial charge in [-0.05, 0) is 24.6 Å². The summed E-state index contributed by atoms with van der Waals surface area (Å²) in [7, 11) is 0. The van der Waals surface area contributed by atoms with Crippen LogP contribution in [0.15, 0.2) is 18.2 Å². The smallest absolute Gasteiger partial charge is 0.184 e. The Labute approximate surface area is 99.3 Å². The SMILES string of the molecule is CCOC(=N)Cc1ccc(F)cc1Cl.Cl. The van der Waals surface area contributed by atoms with Crippen molar-refractivity contribution in [1.82, 2.24) is 0 Å². The molecule has 0 radical (unpaired) electrons. The topological polar surface area (TPSA) is 33.1 Å². The van der Waals surface area contributed by atoms with Gasteiger partial charge in [-0.2, -0.15) is 0 Å². The van der Waals surface area contributed by atoms with Crippen molar-refractivity contribution in [3.8, 4) is 0 Å². The molecule has 0 bridgehead atoms. The minimum atomic E-state index is -0.373. The molecule has 0 aliphatic carbocycles. The van der Waals surface area contributed by atoms with E-state index in [2.05, 4.69) is 0 Å². The summed E-state index contributed by atoms with van der Waals surface area (Å²) in [6.07, 6.45) is 0.299. The second-order valence-corrected chi connectivity index (χ2v) is 3.18. The maximum absolute atomic E-state index is 12.7. The van der Waals surface area contributed by atoms with Gasteiger partial charge in [0.1, 0.15) is 5.82 Å². The third-order valence-corrected chi connectivity index (χ3v) is 2.04. The van der Waals surface area contributed by atoms with E-state index in [1.807, 2.05) is 0 Å². The van der Waals surface area contributed by atoms with E-state index < -0.39 is 0 Å². The van der Waals surface area contributed by atoms with Crippen LogP contribution < -0.4 is 0 Å². The van der Waals surface area contributed by atoms with Gasteiger partial charge in [-0.3, -0.25) is 5.41 Å². The van der Waals surface area contributed by atoms with Gasteiger partial charge in [-0.1, -0.05) is 17.7 Å². The Morgan fingerprint density at radius 1 is 1.53 bits per heavy atom. The molecule has 0 saturated heterocycles. The van der Waals surface area contributed by atoms with E-state index in [9.17, 15) is 4.39 Å². The lowest BCUT2D eigenvalue weighted by molar-refractivity contribution is 0.317. The number of hydrogen-bond donors (Lipinski definition) is 1. The second kappa shape index (κ2) is 6.64. The first-order valence-corrected chi connectivity index (χ1v) is 4.65. The Kier molecular flexibility index (Phi) is 6.29. The molecule has 1 rings (SSSR count). The quantitative estimate of drug-likeness (QED) is 0.648. The van der Waals surface area contributed by atoms with Gasteiger partial charge in [-0.25, -0.2) is 4.39 Å². The van der Waals surface area contributed by atoms with Crippen LogP contribution in [0.2, 0.25) is 5.02 Å². The first-order chi connectivity index (χ1) is 6.63. The third-order valence-electron chi connectivity index (χ3n) is 1.68. The highest BCUT2D eigenvalue weighted by Crippen LogP contribution is 2.17. The van der Waals surface area contributed by atoms with Crippen molar-refractivity contribution in [1.29, 1.82) is 5.41 Å². The van der Waals surface area contributed by atoms with Crippen LogP contribution in [0.1, 0.15) is 12.5 Å². The molecule has 5 heteroatoms. The van der Waals surface area contributed by atoms with Gasteiger partial charge >= 0.3 is 0 Å². The average molecular weight is 252 g/mol. The minimum Gasteiger partial charge on any atom is -0.481 e. The van der Waals surface area contributed by atoms with Crippen LogP contribution in [0, 0.1) is 11.2 Å². The molecule has 0 spiro atoms. The van der Waals surface area contributed by atoms with Gasteiger partial charge in [0, 0.05) is 11.4 Å². The van der Waals surface area contributed by atoms with Crippen molar-refractivity contribution in [2.75, 3.05) is 6.61 Å². The highest BCUT2D eigenvalue weighted by molar-refractivity contribution is 6.31. The molecular formula is C10H12Cl2FNO. The van der Waals surface area contributed by atoms with Crippen molar-refractivity contribution < 1.29 is 9.13 Å². The molecule has 0 saturated carbocycles. The summed E-state index contributed by atoms with van der Waals surface area (Å²) in [6.45, 7) is 2.26. The average Bonchev–Trinajstić information content (AvgIpc) is 2.10. The Morgan fingerprint density at radius 3 is 2.73 bits per heavy atom. The third kappa shape index (κ3) is 4.49. The molecule has 0 aromatic heterocycles. The molecule has 84 valence electrons. The van der Waals surface area contributed by atoms with Gasteiger partial charge in [0.05, 0.1) is 6.61 Å². The first-order valence-electron chi connectivity index (χ1n) is 4.27. The van der Waals surface area contributed by atoms with Crippen molar-refractivity contribution in [3.63, 3.8) is 0 Å². The highest BCUT2D eigenvalue weighted by Gasteiger charge is 2.05. The summed E-state index contributed by atoms with van der Waals surface area (Å²) >= 11 is 5.78. The van der Waals surface area contributed by atoms with E-state index in [0.717, 1.165) is 0 Å². The first kappa shape index (κ1) is 14.2. The molecule has 0 aliphatic heterocycles. The largest absolute Gasteiger partial charge is 0.481 e. The predicted molar refractivity (Wildman–Crippen MR) is 61.7 cm³/mol. The highest BCUT2D eigenvalue weighted by atomic mass is 35.5. The van der Waals surface area contributed by atoms with Crippen LogP contribution in [-0.4, -0.2) is 12.5 Å². The molecule has 0 amide bonds. The number of hydrogen-bond acceptors (Lipinski definition) is 2. The summed E-state index contributed by atoms with van der Waals surface area (Å²) in [6, 6.07) is 4.11. The normalized spacial score (nSPS) is 9.27. The van der Waals surface area contributed by atoms with E-state index >= 15 is 0 Å². The minimum absolute atomic E-state index is 0. The van der Waals surface area contributed by atoms with E-state index in [1.54, 1.807) is 13.0 Å². The zero-order valence-corrected chi connectivity index (χ0v) is 9.79. The van der Waals surface area contributed by atoms with Gasteiger partial charge in [0.2, 0.25) is 0 Å². The number of ether oxygens (including phenoxy) is 1. The fraction of sp³-hybridized carbons (Fsp3) is 0.300. The lowest BCUT2D eigenvalue weighted by Gasteiger charge is -2.06. The molecular weight excluding hydrogens is 240 g/mol. The van der Waals surface area contributed by atoms with Crippen LogP contribution in [0.5, 0.6) is 0 Å². The summed E-state index contributed by atoms with van der Waals surface area (Å²) in [5.74, 6) is -0.234. The predicted octanol–water partition coefficient (Wildman–Crippen LogP) is 3.46. The van der Waals surface area contributed by atoms with Crippen LogP contribution in [-0.2, 0) is 11.2 Å². The van der Waals surface area contributed by atoms with Gasteiger partial charge in [0.25, 0.3) is 0 Å². The van der Waals surface area contributed by atoms with E-state index in [-0.39, 0.29) is 24.1 Å². The molecule has 0 fully saturated rings. The van der Waals surface area contributed by atoms with Crippen molar-refractivity contribution in [2.24, 2.45) is 0 Å². The zero-order chi connectivity index (χ0) is 10.6. The van der Waals surface area contributed by atoms with Gasteiger partial charge in [-0.15, -0.1) is 12.4 Å². The van der Waals surface area contributed by atoms with Crippen LogP contribution >= 0.6 is 24.0 Å². The molecule has 0 unspecified atom stereocenters. The number of rotatable bonds is 3. The van der Waals surface area contributed by atoms with Crippen molar-refractivity contribution >= 4 is 29.9 Å². The van der Waals surface area contributed by atoms with Crippen molar-refractivity contribution in [2.45, 2.75) is 13.3 Å². The second-order valence-electron chi connectivity index (χ2n) is 2.77. The Bertz CT molecular complexity index is 344. The Hall–Kier alpha value is -0.800. The molecule has 0 atom stereocenters. The lowest BCUT2D eigenvalue weighted by atomic mass is 10.1. The standard InChI is InChI=1S/C10H11ClFNO.ClH/c1-2-14-10(13)5-7-3-4-8(12)6-9(7)11;/h3-4,6,13H,2,5H2,1H3;1H. The summed E-state index contributed by atoms with van der Waals surface area (Å²) in [4.78, 5) is 0. The molecule has 15 heavy (non-hydrogen) atoms. The Morgan fingerprint density at radius 2 is 2.20 bits per heavy atom. The maximum atomic E-state index is 12.7. The number of halogens is 3. The van der Waals surface area contributed by atoms with Crippen LogP contribution in [0.25, 0.3) is 0 Å². The molecule has 1 N–H and O–H groups in total. The molecule has 1 aromatic carbocycles. The van der Waals surface area contributed by atoms with Gasteiger partial charge in [0.15, 0.2) is 5.90 Å².